The van der Waals surface area contributed by atoms with Gasteiger partial charge in [0.15, 0.2) is 5.75 Å². The van der Waals surface area contributed by atoms with Gasteiger partial charge in [0.05, 0.1) is 24.7 Å². The van der Waals surface area contributed by atoms with Gasteiger partial charge in [-0.3, -0.25) is 0 Å². The van der Waals surface area contributed by atoms with Crippen molar-refractivity contribution < 1.29 is 4.74 Å². The zero-order valence-corrected chi connectivity index (χ0v) is 13.3. The molecule has 0 atom stereocenters. The fourth-order valence-corrected chi connectivity index (χ4v) is 2.55. The second-order valence-corrected chi connectivity index (χ2v) is 5.37. The van der Waals surface area contributed by atoms with Crippen LogP contribution < -0.4 is 20.3 Å². The average Bonchev–Trinajstić information content (AvgIpc) is 2.48. The van der Waals surface area contributed by atoms with E-state index in [9.17, 15) is 0 Å². The first-order valence-corrected chi connectivity index (χ1v) is 7.50. The van der Waals surface area contributed by atoms with Crippen LogP contribution in [0.2, 0.25) is 5.02 Å². The Morgan fingerprint density at radius 2 is 2.14 bits per heavy atom. The molecule has 2 aromatic rings. The van der Waals surface area contributed by atoms with Crippen LogP contribution in [0.1, 0.15) is 6.42 Å². The minimum absolute atomic E-state index is 0.466. The summed E-state index contributed by atoms with van der Waals surface area (Å²) in [6.07, 6.45) is 2.78. The van der Waals surface area contributed by atoms with Crippen LogP contribution in [0.25, 0.3) is 0 Å². The molecule has 22 heavy (non-hydrogen) atoms. The standard InChI is InChI=1S/C15H18ClN5O/c1-17-14-10(16)9-18-15(20-14)19-11-5-3-6-12(13(11)22-2)21-7-4-8-21/h3,5-6,9H,4,7-8H2,1-2H3,(H2,17,18,19,20). The summed E-state index contributed by atoms with van der Waals surface area (Å²) in [6, 6.07) is 6.00. The van der Waals surface area contributed by atoms with Gasteiger partial charge in [0.2, 0.25) is 5.95 Å². The number of benzene rings is 1. The zero-order chi connectivity index (χ0) is 15.5. The number of ether oxygens (including phenoxy) is 1. The lowest BCUT2D eigenvalue weighted by Gasteiger charge is -2.34. The van der Waals surface area contributed by atoms with Crippen molar-refractivity contribution in [2.45, 2.75) is 6.42 Å². The molecule has 1 aromatic carbocycles. The van der Waals surface area contributed by atoms with E-state index in [4.69, 9.17) is 16.3 Å². The minimum Gasteiger partial charge on any atom is -0.492 e. The van der Waals surface area contributed by atoms with Crippen LogP contribution >= 0.6 is 11.6 Å². The lowest BCUT2D eigenvalue weighted by molar-refractivity contribution is 0.414. The Kier molecular flexibility index (Phi) is 4.20. The maximum absolute atomic E-state index is 6.00. The monoisotopic (exact) mass is 319 g/mol. The smallest absolute Gasteiger partial charge is 0.229 e. The number of anilines is 4. The summed E-state index contributed by atoms with van der Waals surface area (Å²) in [7, 11) is 3.44. The SMILES string of the molecule is CNc1nc(Nc2cccc(N3CCC3)c2OC)ncc1Cl. The summed E-state index contributed by atoms with van der Waals surface area (Å²) in [6.45, 7) is 2.11. The molecule has 116 valence electrons. The number of aromatic nitrogens is 2. The van der Waals surface area contributed by atoms with Crippen molar-refractivity contribution in [2.24, 2.45) is 0 Å². The van der Waals surface area contributed by atoms with E-state index < -0.39 is 0 Å². The van der Waals surface area contributed by atoms with Gasteiger partial charge in [-0.1, -0.05) is 17.7 Å². The topological polar surface area (TPSA) is 62.3 Å². The molecule has 2 N–H and O–H groups in total. The van der Waals surface area contributed by atoms with Crippen LogP contribution in [-0.2, 0) is 0 Å². The molecule has 1 aromatic heterocycles. The van der Waals surface area contributed by atoms with Crippen LogP contribution in [-0.4, -0.2) is 37.2 Å². The number of halogens is 1. The summed E-state index contributed by atoms with van der Waals surface area (Å²) < 4.78 is 5.58. The molecular weight excluding hydrogens is 302 g/mol. The molecule has 0 spiro atoms. The summed E-state index contributed by atoms with van der Waals surface area (Å²) in [4.78, 5) is 10.8. The van der Waals surface area contributed by atoms with Crippen molar-refractivity contribution in [3.05, 3.63) is 29.4 Å². The van der Waals surface area contributed by atoms with Crippen LogP contribution in [0.3, 0.4) is 0 Å². The molecule has 0 saturated carbocycles. The number of para-hydroxylation sites is 1. The molecule has 1 fully saturated rings. The van der Waals surface area contributed by atoms with Gasteiger partial charge in [-0.25, -0.2) is 4.98 Å². The number of hydrogen-bond donors (Lipinski definition) is 2. The Bertz CT molecular complexity index is 675. The van der Waals surface area contributed by atoms with Crippen LogP contribution in [0.4, 0.5) is 23.1 Å². The van der Waals surface area contributed by atoms with Crippen molar-refractivity contribution in [1.82, 2.24) is 9.97 Å². The van der Waals surface area contributed by atoms with Crippen molar-refractivity contribution in [2.75, 3.05) is 42.8 Å². The fourth-order valence-electron chi connectivity index (χ4n) is 2.37. The largest absolute Gasteiger partial charge is 0.492 e. The number of hydrogen-bond acceptors (Lipinski definition) is 6. The Hall–Kier alpha value is -2.21. The van der Waals surface area contributed by atoms with Crippen LogP contribution in [0.5, 0.6) is 5.75 Å². The summed E-state index contributed by atoms with van der Waals surface area (Å²) >= 11 is 6.00. The van der Waals surface area contributed by atoms with Crippen molar-refractivity contribution in [3.8, 4) is 5.75 Å². The molecule has 0 radical (unpaired) electrons. The van der Waals surface area contributed by atoms with E-state index in [0.29, 0.717) is 16.8 Å². The average molecular weight is 320 g/mol. The number of nitrogens with one attached hydrogen (secondary N) is 2. The van der Waals surface area contributed by atoms with Crippen molar-refractivity contribution >= 4 is 34.7 Å². The first kappa shape index (κ1) is 14.7. The van der Waals surface area contributed by atoms with Gasteiger partial charge in [-0.2, -0.15) is 4.98 Å². The van der Waals surface area contributed by atoms with Crippen molar-refractivity contribution in [1.29, 1.82) is 0 Å². The maximum Gasteiger partial charge on any atom is 0.229 e. The van der Waals surface area contributed by atoms with Gasteiger partial charge in [0.1, 0.15) is 10.8 Å². The van der Waals surface area contributed by atoms with Gasteiger partial charge < -0.3 is 20.3 Å². The first-order chi connectivity index (χ1) is 10.7. The van der Waals surface area contributed by atoms with Crippen LogP contribution in [0.15, 0.2) is 24.4 Å². The predicted molar refractivity (Wildman–Crippen MR) is 89.7 cm³/mol. The molecule has 0 aliphatic carbocycles. The lowest BCUT2D eigenvalue weighted by atomic mass is 10.1. The minimum atomic E-state index is 0.466. The third-order valence-electron chi connectivity index (χ3n) is 3.62. The Labute approximate surface area is 134 Å². The van der Waals surface area contributed by atoms with E-state index in [1.165, 1.54) is 6.42 Å². The predicted octanol–water partition coefficient (Wildman–Crippen LogP) is 3.13. The summed E-state index contributed by atoms with van der Waals surface area (Å²) in [5, 5.41) is 6.61. The highest BCUT2D eigenvalue weighted by atomic mass is 35.5. The van der Waals surface area contributed by atoms with E-state index in [-0.39, 0.29) is 0 Å². The second kappa shape index (κ2) is 6.27. The van der Waals surface area contributed by atoms with Crippen LogP contribution in [0, 0.1) is 0 Å². The molecule has 7 heteroatoms. The molecule has 2 heterocycles. The molecule has 3 rings (SSSR count). The van der Waals surface area contributed by atoms with E-state index in [2.05, 4.69) is 31.6 Å². The number of rotatable bonds is 5. The Morgan fingerprint density at radius 3 is 2.77 bits per heavy atom. The van der Waals surface area contributed by atoms with Gasteiger partial charge in [0.25, 0.3) is 0 Å². The van der Waals surface area contributed by atoms with Gasteiger partial charge >= 0.3 is 0 Å². The fraction of sp³-hybridized carbons (Fsp3) is 0.333. The Morgan fingerprint density at radius 1 is 1.32 bits per heavy atom. The third-order valence-corrected chi connectivity index (χ3v) is 3.90. The second-order valence-electron chi connectivity index (χ2n) is 4.96. The summed E-state index contributed by atoms with van der Waals surface area (Å²) in [5.74, 6) is 1.84. The molecule has 1 saturated heterocycles. The molecule has 0 bridgehead atoms. The highest BCUT2D eigenvalue weighted by molar-refractivity contribution is 6.32. The van der Waals surface area contributed by atoms with Crippen molar-refractivity contribution in [3.63, 3.8) is 0 Å². The Balaban J connectivity index is 1.91. The third kappa shape index (κ3) is 2.74. The normalized spacial score (nSPS) is 13.5. The van der Waals surface area contributed by atoms with E-state index in [1.807, 2.05) is 12.1 Å². The molecule has 0 amide bonds. The number of methoxy groups -OCH3 is 1. The zero-order valence-electron chi connectivity index (χ0n) is 12.6. The van der Waals surface area contributed by atoms with E-state index in [1.54, 1.807) is 20.4 Å². The van der Waals surface area contributed by atoms with E-state index in [0.717, 1.165) is 30.2 Å². The van der Waals surface area contributed by atoms with E-state index >= 15 is 0 Å². The maximum atomic E-state index is 6.00. The summed E-state index contributed by atoms with van der Waals surface area (Å²) in [5.41, 5.74) is 1.91. The first-order valence-electron chi connectivity index (χ1n) is 7.12. The molecule has 1 aliphatic heterocycles. The number of nitrogens with zero attached hydrogens (tertiary/aromatic N) is 3. The van der Waals surface area contributed by atoms with Gasteiger partial charge in [-0.05, 0) is 18.6 Å². The van der Waals surface area contributed by atoms with Gasteiger partial charge in [0, 0.05) is 20.1 Å². The lowest BCUT2D eigenvalue weighted by Crippen LogP contribution is -2.37. The molecule has 0 unspecified atom stereocenters. The molecular formula is C15H18ClN5O. The molecule has 1 aliphatic rings. The van der Waals surface area contributed by atoms with Gasteiger partial charge in [-0.15, -0.1) is 0 Å². The quantitative estimate of drug-likeness (QED) is 0.883. The molecule has 6 nitrogen and oxygen atoms in total. The highest BCUT2D eigenvalue weighted by Crippen LogP contribution is 2.38. The highest BCUT2D eigenvalue weighted by Gasteiger charge is 2.20.